The van der Waals surface area contributed by atoms with Gasteiger partial charge in [0.1, 0.15) is 11.4 Å². The van der Waals surface area contributed by atoms with Crippen molar-refractivity contribution in [1.82, 2.24) is 0 Å². The van der Waals surface area contributed by atoms with E-state index in [1.54, 1.807) is 32.2 Å². The fourth-order valence-corrected chi connectivity index (χ4v) is 4.57. The lowest BCUT2D eigenvalue weighted by molar-refractivity contribution is -0.383. The highest BCUT2D eigenvalue weighted by molar-refractivity contribution is 7.91. The first-order chi connectivity index (χ1) is 9.26. The van der Waals surface area contributed by atoms with Crippen LogP contribution >= 0.6 is 0 Å². The van der Waals surface area contributed by atoms with Crippen LogP contribution in [0.4, 0.5) is 17.1 Å². The molecule has 2 rings (SSSR count). The van der Waals surface area contributed by atoms with Gasteiger partial charge in [-0.25, -0.2) is 8.42 Å². The first-order valence-corrected chi connectivity index (χ1v) is 8.02. The fourth-order valence-electron chi connectivity index (χ4n) is 2.48. The molecular weight excluding hydrogens is 282 g/mol. The third kappa shape index (κ3) is 2.84. The van der Waals surface area contributed by atoms with Gasteiger partial charge in [0.25, 0.3) is 0 Å². The van der Waals surface area contributed by atoms with Crippen LogP contribution in [0.3, 0.4) is 0 Å². The van der Waals surface area contributed by atoms with Gasteiger partial charge < -0.3 is 10.6 Å². The van der Waals surface area contributed by atoms with Crippen molar-refractivity contribution in [3.05, 3.63) is 28.3 Å². The molecule has 8 heteroatoms. The maximum absolute atomic E-state index is 11.6. The highest BCUT2D eigenvalue weighted by Gasteiger charge is 2.39. The van der Waals surface area contributed by atoms with E-state index in [0.717, 1.165) is 0 Å². The van der Waals surface area contributed by atoms with Crippen LogP contribution in [0.2, 0.25) is 0 Å². The minimum Gasteiger partial charge on any atom is -0.382 e. The second-order valence-electron chi connectivity index (χ2n) is 5.24. The molecule has 1 unspecified atom stereocenters. The van der Waals surface area contributed by atoms with Gasteiger partial charge in [0.15, 0.2) is 9.84 Å². The maximum atomic E-state index is 11.6. The van der Waals surface area contributed by atoms with Gasteiger partial charge in [0.2, 0.25) is 0 Å². The summed E-state index contributed by atoms with van der Waals surface area (Å²) in [6.45, 7) is 1.77. The zero-order chi connectivity index (χ0) is 15.0. The van der Waals surface area contributed by atoms with E-state index in [2.05, 4.69) is 10.6 Å². The third-order valence-electron chi connectivity index (χ3n) is 3.43. The molecule has 0 spiro atoms. The van der Waals surface area contributed by atoms with Crippen LogP contribution in [0.15, 0.2) is 18.2 Å². The van der Waals surface area contributed by atoms with Crippen LogP contribution in [-0.4, -0.2) is 37.4 Å². The van der Waals surface area contributed by atoms with E-state index < -0.39 is 20.3 Å². The summed E-state index contributed by atoms with van der Waals surface area (Å²) in [4.78, 5) is 10.7. The number of hydrogen-bond acceptors (Lipinski definition) is 6. The monoisotopic (exact) mass is 299 g/mol. The second kappa shape index (κ2) is 4.93. The molecule has 1 fully saturated rings. The van der Waals surface area contributed by atoms with Gasteiger partial charge in [-0.1, -0.05) is 6.07 Å². The SMILES string of the molecule is CNc1cccc(NC2(C)CCS(=O)(=O)C2)c1[N+](=O)[O-]. The first-order valence-electron chi connectivity index (χ1n) is 6.20. The Kier molecular flexibility index (Phi) is 3.59. The van der Waals surface area contributed by atoms with Crippen molar-refractivity contribution in [3.8, 4) is 0 Å². The molecule has 0 amide bonds. The normalized spacial score (nSPS) is 24.3. The van der Waals surface area contributed by atoms with E-state index in [9.17, 15) is 18.5 Å². The Bertz CT molecular complexity index is 644. The summed E-state index contributed by atoms with van der Waals surface area (Å²) in [5.74, 6) is 0.0942. The molecule has 1 heterocycles. The quantitative estimate of drug-likeness (QED) is 0.647. The average Bonchev–Trinajstić information content (AvgIpc) is 2.62. The molecule has 1 aromatic rings. The van der Waals surface area contributed by atoms with Crippen LogP contribution < -0.4 is 10.6 Å². The Hall–Kier alpha value is -1.83. The number of benzene rings is 1. The van der Waals surface area contributed by atoms with Gasteiger partial charge in [0, 0.05) is 12.6 Å². The third-order valence-corrected chi connectivity index (χ3v) is 5.33. The van der Waals surface area contributed by atoms with Crippen LogP contribution in [0, 0.1) is 10.1 Å². The predicted octanol–water partition coefficient (Wildman–Crippen LogP) is 1.63. The molecule has 0 bridgehead atoms. The molecule has 0 saturated carbocycles. The summed E-state index contributed by atoms with van der Waals surface area (Å²) < 4.78 is 23.2. The molecule has 0 radical (unpaired) electrons. The number of rotatable bonds is 4. The zero-order valence-electron chi connectivity index (χ0n) is 11.3. The average molecular weight is 299 g/mol. The molecular formula is C12H17N3O4S. The zero-order valence-corrected chi connectivity index (χ0v) is 12.2. The van der Waals surface area contributed by atoms with E-state index in [1.807, 2.05) is 0 Å². The Morgan fingerprint density at radius 1 is 1.35 bits per heavy atom. The number of nitrogens with one attached hydrogen (secondary N) is 2. The molecule has 7 nitrogen and oxygen atoms in total. The molecule has 1 aliphatic heterocycles. The van der Waals surface area contributed by atoms with E-state index >= 15 is 0 Å². The summed E-state index contributed by atoms with van der Waals surface area (Å²) in [5, 5.41) is 17.0. The first kappa shape index (κ1) is 14.6. The summed E-state index contributed by atoms with van der Waals surface area (Å²) in [6, 6.07) is 4.89. The number of nitro benzene ring substituents is 1. The number of sulfone groups is 1. The van der Waals surface area contributed by atoms with Gasteiger partial charge in [0.05, 0.1) is 16.4 Å². The van der Waals surface area contributed by atoms with Crippen molar-refractivity contribution in [2.24, 2.45) is 0 Å². The van der Waals surface area contributed by atoms with Gasteiger partial charge in [-0.2, -0.15) is 0 Å². The Labute approximate surface area is 117 Å². The van der Waals surface area contributed by atoms with Crippen molar-refractivity contribution in [2.75, 3.05) is 29.2 Å². The number of nitrogens with zero attached hydrogens (tertiary/aromatic N) is 1. The molecule has 110 valence electrons. The molecule has 1 aliphatic rings. The van der Waals surface area contributed by atoms with Gasteiger partial charge in [-0.15, -0.1) is 0 Å². The fraction of sp³-hybridized carbons (Fsp3) is 0.500. The Balaban J connectivity index is 2.37. The minimum absolute atomic E-state index is 0.0130. The van der Waals surface area contributed by atoms with Crippen molar-refractivity contribution >= 4 is 26.9 Å². The number of para-hydroxylation sites is 1. The summed E-state index contributed by atoms with van der Waals surface area (Å²) in [5.41, 5.74) is -0.0119. The molecule has 1 saturated heterocycles. The van der Waals surface area contributed by atoms with E-state index in [4.69, 9.17) is 0 Å². The molecule has 1 aromatic carbocycles. The Morgan fingerprint density at radius 3 is 2.50 bits per heavy atom. The van der Waals surface area contributed by atoms with Crippen LogP contribution in [0.1, 0.15) is 13.3 Å². The smallest absolute Gasteiger partial charge is 0.315 e. The molecule has 0 aliphatic carbocycles. The summed E-state index contributed by atoms with van der Waals surface area (Å²) in [6.07, 6.45) is 0.441. The largest absolute Gasteiger partial charge is 0.382 e. The standard InChI is InChI=1S/C12H17N3O4S/c1-12(6-7-20(18,19)8-12)14-10-5-3-4-9(13-2)11(10)15(16)17/h3-5,13-14H,6-8H2,1-2H3. The Morgan fingerprint density at radius 2 is 2.00 bits per heavy atom. The summed E-state index contributed by atoms with van der Waals surface area (Å²) >= 11 is 0. The van der Waals surface area contributed by atoms with Crippen LogP contribution in [0.5, 0.6) is 0 Å². The van der Waals surface area contributed by atoms with Crippen molar-refractivity contribution in [3.63, 3.8) is 0 Å². The number of nitro groups is 1. The summed E-state index contributed by atoms with van der Waals surface area (Å²) in [7, 11) is -1.47. The van der Waals surface area contributed by atoms with Crippen molar-refractivity contribution < 1.29 is 13.3 Å². The minimum atomic E-state index is -3.07. The molecule has 0 aromatic heterocycles. The van der Waals surface area contributed by atoms with Crippen molar-refractivity contribution in [1.29, 1.82) is 0 Å². The molecule has 20 heavy (non-hydrogen) atoms. The number of anilines is 2. The molecule has 1 atom stereocenters. The lowest BCUT2D eigenvalue weighted by Gasteiger charge is -2.25. The van der Waals surface area contributed by atoms with Crippen LogP contribution in [-0.2, 0) is 9.84 Å². The predicted molar refractivity (Wildman–Crippen MR) is 77.9 cm³/mol. The second-order valence-corrected chi connectivity index (χ2v) is 7.42. The van der Waals surface area contributed by atoms with E-state index in [1.165, 1.54) is 0 Å². The topological polar surface area (TPSA) is 101 Å². The molecule has 2 N–H and O–H groups in total. The van der Waals surface area contributed by atoms with Crippen LogP contribution in [0.25, 0.3) is 0 Å². The van der Waals surface area contributed by atoms with Crippen molar-refractivity contribution in [2.45, 2.75) is 18.9 Å². The number of hydrogen-bond donors (Lipinski definition) is 2. The van der Waals surface area contributed by atoms with E-state index in [0.29, 0.717) is 17.8 Å². The van der Waals surface area contributed by atoms with Gasteiger partial charge >= 0.3 is 5.69 Å². The van der Waals surface area contributed by atoms with Gasteiger partial charge in [-0.3, -0.25) is 10.1 Å². The highest BCUT2D eigenvalue weighted by atomic mass is 32.2. The lowest BCUT2D eigenvalue weighted by Crippen LogP contribution is -2.36. The van der Waals surface area contributed by atoms with E-state index in [-0.39, 0.29) is 17.2 Å². The highest BCUT2D eigenvalue weighted by Crippen LogP contribution is 2.36. The van der Waals surface area contributed by atoms with Gasteiger partial charge in [-0.05, 0) is 25.5 Å². The maximum Gasteiger partial charge on any atom is 0.315 e. The lowest BCUT2D eigenvalue weighted by atomic mass is 10.0.